The summed E-state index contributed by atoms with van der Waals surface area (Å²) in [5, 5.41) is 4.62. The molecule has 0 aliphatic carbocycles. The Balaban J connectivity index is 1.43. The Labute approximate surface area is 156 Å². The lowest BCUT2D eigenvalue weighted by molar-refractivity contribution is 0.0630. The van der Waals surface area contributed by atoms with Crippen LogP contribution in [-0.4, -0.2) is 38.9 Å². The number of nitrogens with zero attached hydrogens (tertiary/aromatic N) is 4. The number of hydrogen-bond donors (Lipinski definition) is 0. The van der Waals surface area contributed by atoms with E-state index in [4.69, 9.17) is 14.5 Å². The van der Waals surface area contributed by atoms with E-state index in [1.165, 1.54) is 0 Å². The Kier molecular flexibility index (Phi) is 3.60. The summed E-state index contributed by atoms with van der Waals surface area (Å²) in [6, 6.07) is 15.0. The van der Waals surface area contributed by atoms with E-state index in [1.54, 1.807) is 18.2 Å². The van der Waals surface area contributed by atoms with E-state index >= 15 is 0 Å². The van der Waals surface area contributed by atoms with E-state index in [1.807, 2.05) is 46.8 Å². The Morgan fingerprint density at radius 2 is 1.89 bits per heavy atom. The van der Waals surface area contributed by atoms with Gasteiger partial charge in [-0.15, -0.1) is 0 Å². The van der Waals surface area contributed by atoms with Crippen molar-refractivity contribution in [1.82, 2.24) is 19.7 Å². The van der Waals surface area contributed by atoms with Crippen LogP contribution in [-0.2, 0) is 6.54 Å². The molecule has 0 saturated carbocycles. The van der Waals surface area contributed by atoms with Crippen LogP contribution in [0.5, 0.6) is 11.5 Å². The van der Waals surface area contributed by atoms with Gasteiger partial charge in [-0.05, 0) is 25.1 Å². The molecule has 136 valence electrons. The van der Waals surface area contributed by atoms with Crippen molar-refractivity contribution in [3.63, 3.8) is 0 Å². The van der Waals surface area contributed by atoms with E-state index in [9.17, 15) is 4.79 Å². The van der Waals surface area contributed by atoms with Gasteiger partial charge in [-0.25, -0.2) is 9.67 Å². The lowest BCUT2D eigenvalue weighted by Crippen LogP contribution is -2.41. The predicted octanol–water partition coefficient (Wildman–Crippen LogP) is 2.89. The topological polar surface area (TPSA) is 69.5 Å². The van der Waals surface area contributed by atoms with Gasteiger partial charge in [-0.2, -0.15) is 5.10 Å². The van der Waals surface area contributed by atoms with Crippen molar-refractivity contribution in [2.75, 3.05) is 13.3 Å². The van der Waals surface area contributed by atoms with Crippen molar-refractivity contribution >= 4 is 5.91 Å². The molecular formula is C20H18N4O3. The lowest BCUT2D eigenvalue weighted by atomic mass is 10.1. The van der Waals surface area contributed by atoms with Crippen LogP contribution in [0.2, 0.25) is 0 Å². The van der Waals surface area contributed by atoms with Gasteiger partial charge in [0.05, 0.1) is 12.6 Å². The zero-order valence-electron chi connectivity index (χ0n) is 14.8. The second kappa shape index (κ2) is 6.12. The highest BCUT2D eigenvalue weighted by molar-refractivity contribution is 5.95. The van der Waals surface area contributed by atoms with Crippen LogP contribution >= 0.6 is 0 Å². The highest BCUT2D eigenvalue weighted by atomic mass is 16.7. The molecular weight excluding hydrogens is 344 g/mol. The fraction of sp³-hybridized carbons (Fsp3) is 0.250. The van der Waals surface area contributed by atoms with Gasteiger partial charge in [0.2, 0.25) is 6.79 Å². The molecule has 7 nitrogen and oxygen atoms in total. The summed E-state index contributed by atoms with van der Waals surface area (Å²) in [5.74, 6) is 2.73. The monoisotopic (exact) mass is 362 g/mol. The van der Waals surface area contributed by atoms with Gasteiger partial charge in [0.15, 0.2) is 17.3 Å². The molecule has 7 heteroatoms. The van der Waals surface area contributed by atoms with Crippen LogP contribution in [0.15, 0.2) is 48.5 Å². The number of rotatable bonds is 2. The summed E-state index contributed by atoms with van der Waals surface area (Å²) < 4.78 is 12.6. The Hall–Kier alpha value is -3.35. The normalized spacial score (nSPS) is 17.7. The third kappa shape index (κ3) is 2.63. The maximum atomic E-state index is 13.1. The van der Waals surface area contributed by atoms with E-state index in [0.29, 0.717) is 36.0 Å². The van der Waals surface area contributed by atoms with Crippen molar-refractivity contribution in [2.45, 2.75) is 19.5 Å². The van der Waals surface area contributed by atoms with Crippen LogP contribution < -0.4 is 9.47 Å². The lowest BCUT2D eigenvalue weighted by Gasteiger charge is -2.33. The Bertz CT molecular complexity index is 1020. The molecule has 0 radical (unpaired) electrons. The first-order valence-corrected chi connectivity index (χ1v) is 8.91. The minimum absolute atomic E-state index is 0.0451. The average molecular weight is 362 g/mol. The number of carbonyl (C=O) groups is 1. The molecule has 3 heterocycles. The van der Waals surface area contributed by atoms with E-state index in [0.717, 1.165) is 11.4 Å². The van der Waals surface area contributed by atoms with Crippen molar-refractivity contribution in [1.29, 1.82) is 0 Å². The summed E-state index contributed by atoms with van der Waals surface area (Å²) in [6.07, 6.45) is 0. The van der Waals surface area contributed by atoms with E-state index in [-0.39, 0.29) is 18.7 Å². The molecule has 1 atom stereocenters. The standard InChI is InChI=1S/C20H18N4O3/c1-13-19-21-18(14-5-3-2-4-6-14)22-24(19)10-9-23(13)20(25)15-7-8-16-17(11-15)27-12-26-16/h2-8,11,13H,9-10,12H2,1H3/t13-/m0/s1. The van der Waals surface area contributed by atoms with Crippen molar-refractivity contribution in [2.24, 2.45) is 0 Å². The zero-order valence-corrected chi connectivity index (χ0v) is 14.8. The molecule has 3 aromatic rings. The van der Waals surface area contributed by atoms with Gasteiger partial charge >= 0.3 is 0 Å². The first kappa shape index (κ1) is 15.9. The van der Waals surface area contributed by atoms with Crippen LogP contribution in [0.1, 0.15) is 29.1 Å². The minimum atomic E-state index is -0.165. The zero-order chi connectivity index (χ0) is 18.4. The van der Waals surface area contributed by atoms with Gasteiger partial charge in [0, 0.05) is 17.7 Å². The molecule has 2 aliphatic rings. The summed E-state index contributed by atoms with van der Waals surface area (Å²) in [5.41, 5.74) is 1.56. The number of fused-ring (bicyclic) bond motifs is 2. The first-order chi connectivity index (χ1) is 13.2. The van der Waals surface area contributed by atoms with E-state index < -0.39 is 0 Å². The first-order valence-electron chi connectivity index (χ1n) is 8.91. The number of aromatic nitrogens is 3. The maximum absolute atomic E-state index is 13.1. The molecule has 0 unspecified atom stereocenters. The number of ether oxygens (including phenoxy) is 2. The molecule has 1 amide bonds. The molecule has 2 aromatic carbocycles. The number of amides is 1. The van der Waals surface area contributed by atoms with Crippen LogP contribution in [0.4, 0.5) is 0 Å². The van der Waals surface area contributed by atoms with Crippen LogP contribution in [0, 0.1) is 0 Å². The highest BCUT2D eigenvalue weighted by Gasteiger charge is 2.32. The molecule has 1 aromatic heterocycles. The Morgan fingerprint density at radius 3 is 2.74 bits per heavy atom. The van der Waals surface area contributed by atoms with Crippen molar-refractivity contribution in [3.05, 3.63) is 59.9 Å². The minimum Gasteiger partial charge on any atom is -0.454 e. The van der Waals surface area contributed by atoms with Gasteiger partial charge in [-0.3, -0.25) is 4.79 Å². The average Bonchev–Trinajstić information content (AvgIpc) is 3.35. The number of carbonyl (C=O) groups excluding carboxylic acids is 1. The highest BCUT2D eigenvalue weighted by Crippen LogP contribution is 2.34. The summed E-state index contributed by atoms with van der Waals surface area (Å²) in [6.45, 7) is 3.38. The summed E-state index contributed by atoms with van der Waals surface area (Å²) in [7, 11) is 0. The van der Waals surface area contributed by atoms with Gasteiger partial charge in [-0.1, -0.05) is 30.3 Å². The van der Waals surface area contributed by atoms with Crippen LogP contribution in [0.3, 0.4) is 0 Å². The van der Waals surface area contributed by atoms with Crippen molar-refractivity contribution < 1.29 is 14.3 Å². The summed E-state index contributed by atoms with van der Waals surface area (Å²) >= 11 is 0. The molecule has 5 rings (SSSR count). The molecule has 0 fully saturated rings. The molecule has 0 bridgehead atoms. The number of benzene rings is 2. The second-order valence-electron chi connectivity index (χ2n) is 6.63. The smallest absolute Gasteiger partial charge is 0.254 e. The van der Waals surface area contributed by atoms with Gasteiger partial charge in [0.1, 0.15) is 5.82 Å². The predicted molar refractivity (Wildman–Crippen MR) is 97.5 cm³/mol. The fourth-order valence-corrected chi connectivity index (χ4v) is 3.55. The number of hydrogen-bond acceptors (Lipinski definition) is 5. The maximum Gasteiger partial charge on any atom is 0.254 e. The van der Waals surface area contributed by atoms with Gasteiger partial charge < -0.3 is 14.4 Å². The van der Waals surface area contributed by atoms with Crippen molar-refractivity contribution in [3.8, 4) is 22.9 Å². The fourth-order valence-electron chi connectivity index (χ4n) is 3.55. The van der Waals surface area contributed by atoms with E-state index in [2.05, 4.69) is 5.10 Å². The summed E-state index contributed by atoms with van der Waals surface area (Å²) in [4.78, 5) is 19.6. The third-order valence-corrected chi connectivity index (χ3v) is 5.01. The van der Waals surface area contributed by atoms with Gasteiger partial charge in [0.25, 0.3) is 5.91 Å². The quantitative estimate of drug-likeness (QED) is 0.701. The Morgan fingerprint density at radius 1 is 1.07 bits per heavy atom. The third-order valence-electron chi connectivity index (χ3n) is 5.01. The molecule has 2 aliphatic heterocycles. The van der Waals surface area contributed by atoms with Crippen LogP contribution in [0.25, 0.3) is 11.4 Å². The second-order valence-corrected chi connectivity index (χ2v) is 6.63. The molecule has 0 spiro atoms. The SMILES string of the molecule is C[C@H]1c2nc(-c3ccccc3)nn2CCN1C(=O)c1ccc2c(c1)OCO2. The molecule has 0 N–H and O–H groups in total. The molecule has 27 heavy (non-hydrogen) atoms. The molecule has 0 saturated heterocycles. The largest absolute Gasteiger partial charge is 0.454 e.